The van der Waals surface area contributed by atoms with Gasteiger partial charge in [-0.1, -0.05) is 11.8 Å². The van der Waals surface area contributed by atoms with Crippen LogP contribution in [0.1, 0.15) is 20.8 Å². The minimum Gasteiger partial charge on any atom is -0.355 e. The number of hydrogen-bond donors (Lipinski definition) is 1. The Kier molecular flexibility index (Phi) is 7.58. The van der Waals surface area contributed by atoms with E-state index < -0.39 is 0 Å². The van der Waals surface area contributed by atoms with Crippen molar-refractivity contribution in [1.82, 2.24) is 30.0 Å². The van der Waals surface area contributed by atoms with Crippen molar-refractivity contribution in [3.8, 4) is 11.4 Å². The standard InChI is InChI=1S/C17H24N6O2S/c1-4-19-14(24)11-22(5-2)15(25)12-26-17-21-20-16(23(17)6-3)13-7-9-18-10-8-13/h7-10H,4-6,11-12H2,1-3H3,(H,19,24). The van der Waals surface area contributed by atoms with Crippen LogP contribution in [-0.2, 0) is 16.1 Å². The van der Waals surface area contributed by atoms with Gasteiger partial charge in [0, 0.05) is 37.6 Å². The number of hydrogen-bond acceptors (Lipinski definition) is 6. The van der Waals surface area contributed by atoms with E-state index in [9.17, 15) is 9.59 Å². The van der Waals surface area contributed by atoms with Gasteiger partial charge in [-0.05, 0) is 32.9 Å². The molecule has 0 aromatic carbocycles. The Morgan fingerprint density at radius 3 is 2.54 bits per heavy atom. The average Bonchev–Trinajstić information content (AvgIpc) is 3.08. The Morgan fingerprint density at radius 2 is 1.92 bits per heavy atom. The smallest absolute Gasteiger partial charge is 0.239 e. The van der Waals surface area contributed by atoms with E-state index in [1.807, 2.05) is 37.5 Å². The number of pyridine rings is 1. The summed E-state index contributed by atoms with van der Waals surface area (Å²) in [5.74, 6) is 0.714. The first-order chi connectivity index (χ1) is 12.6. The van der Waals surface area contributed by atoms with Crippen molar-refractivity contribution >= 4 is 23.6 Å². The van der Waals surface area contributed by atoms with Crippen LogP contribution in [0, 0.1) is 0 Å². The molecule has 0 unspecified atom stereocenters. The number of carbonyl (C=O) groups is 2. The molecule has 140 valence electrons. The molecule has 0 fully saturated rings. The van der Waals surface area contributed by atoms with Crippen LogP contribution in [0.2, 0.25) is 0 Å². The highest BCUT2D eigenvalue weighted by molar-refractivity contribution is 7.99. The van der Waals surface area contributed by atoms with E-state index in [4.69, 9.17) is 0 Å². The monoisotopic (exact) mass is 376 g/mol. The number of aromatic nitrogens is 4. The van der Waals surface area contributed by atoms with Crippen molar-refractivity contribution in [3.63, 3.8) is 0 Å². The van der Waals surface area contributed by atoms with E-state index in [-0.39, 0.29) is 24.1 Å². The molecule has 2 rings (SSSR count). The van der Waals surface area contributed by atoms with Crippen molar-refractivity contribution in [1.29, 1.82) is 0 Å². The van der Waals surface area contributed by atoms with Crippen LogP contribution in [0.25, 0.3) is 11.4 Å². The Balaban J connectivity index is 2.03. The summed E-state index contributed by atoms with van der Waals surface area (Å²) < 4.78 is 1.97. The predicted molar refractivity (Wildman–Crippen MR) is 101 cm³/mol. The molecular weight excluding hydrogens is 352 g/mol. The summed E-state index contributed by atoms with van der Waals surface area (Å²) in [5, 5.41) is 11.9. The van der Waals surface area contributed by atoms with Gasteiger partial charge in [-0.15, -0.1) is 10.2 Å². The molecular formula is C17H24N6O2S. The van der Waals surface area contributed by atoms with Crippen LogP contribution >= 0.6 is 11.8 Å². The number of nitrogens with one attached hydrogen (secondary N) is 1. The molecule has 0 saturated heterocycles. The van der Waals surface area contributed by atoms with E-state index >= 15 is 0 Å². The lowest BCUT2D eigenvalue weighted by molar-refractivity contribution is -0.133. The van der Waals surface area contributed by atoms with Gasteiger partial charge in [-0.2, -0.15) is 0 Å². The molecule has 1 N–H and O–H groups in total. The van der Waals surface area contributed by atoms with Gasteiger partial charge in [0.1, 0.15) is 0 Å². The molecule has 0 saturated carbocycles. The van der Waals surface area contributed by atoms with Crippen molar-refractivity contribution in [3.05, 3.63) is 24.5 Å². The maximum Gasteiger partial charge on any atom is 0.239 e. The number of rotatable bonds is 9. The van der Waals surface area contributed by atoms with Crippen LogP contribution in [0.5, 0.6) is 0 Å². The highest BCUT2D eigenvalue weighted by atomic mass is 32.2. The molecule has 2 heterocycles. The Labute approximate surface area is 157 Å². The first-order valence-corrected chi connectivity index (χ1v) is 9.60. The van der Waals surface area contributed by atoms with Crippen molar-refractivity contribution in [2.45, 2.75) is 32.5 Å². The molecule has 2 aromatic heterocycles. The average molecular weight is 376 g/mol. The quantitative estimate of drug-likeness (QED) is 0.666. The minimum absolute atomic E-state index is 0.0759. The zero-order valence-electron chi connectivity index (χ0n) is 15.3. The number of amides is 2. The number of thioether (sulfide) groups is 1. The molecule has 9 heteroatoms. The Hall–Kier alpha value is -2.42. The summed E-state index contributed by atoms with van der Waals surface area (Å²) in [6, 6.07) is 3.75. The second kappa shape index (κ2) is 9.91. The number of nitrogens with zero attached hydrogens (tertiary/aromatic N) is 5. The highest BCUT2D eigenvalue weighted by Gasteiger charge is 2.18. The number of carbonyl (C=O) groups excluding carboxylic acids is 2. The molecule has 0 aliphatic rings. The molecule has 8 nitrogen and oxygen atoms in total. The maximum atomic E-state index is 12.4. The van der Waals surface area contributed by atoms with Crippen molar-refractivity contribution in [2.24, 2.45) is 0 Å². The topological polar surface area (TPSA) is 93.0 Å². The minimum atomic E-state index is -0.149. The summed E-state index contributed by atoms with van der Waals surface area (Å²) in [5.41, 5.74) is 0.930. The third kappa shape index (κ3) is 5.04. The summed E-state index contributed by atoms with van der Waals surface area (Å²) in [4.78, 5) is 29.7. The third-order valence-corrected chi connectivity index (χ3v) is 4.69. The normalized spacial score (nSPS) is 10.6. The second-order valence-electron chi connectivity index (χ2n) is 5.44. The van der Waals surface area contributed by atoms with Gasteiger partial charge in [-0.25, -0.2) is 0 Å². The lowest BCUT2D eigenvalue weighted by Crippen LogP contribution is -2.41. The van der Waals surface area contributed by atoms with E-state index in [1.165, 1.54) is 16.7 Å². The molecule has 0 aliphatic heterocycles. The molecule has 0 spiro atoms. The fourth-order valence-corrected chi connectivity index (χ4v) is 3.32. The van der Waals surface area contributed by atoms with E-state index in [1.54, 1.807) is 12.4 Å². The van der Waals surface area contributed by atoms with Gasteiger partial charge >= 0.3 is 0 Å². The van der Waals surface area contributed by atoms with Crippen molar-refractivity contribution < 1.29 is 9.59 Å². The van der Waals surface area contributed by atoms with Gasteiger partial charge in [0.2, 0.25) is 11.8 Å². The fourth-order valence-electron chi connectivity index (χ4n) is 2.42. The maximum absolute atomic E-state index is 12.4. The molecule has 0 bridgehead atoms. The van der Waals surface area contributed by atoms with Crippen LogP contribution in [-0.4, -0.2) is 61.8 Å². The zero-order valence-corrected chi connectivity index (χ0v) is 16.1. The van der Waals surface area contributed by atoms with E-state index in [2.05, 4.69) is 20.5 Å². The van der Waals surface area contributed by atoms with Crippen LogP contribution < -0.4 is 5.32 Å². The first kappa shape index (κ1) is 19.9. The SMILES string of the molecule is CCNC(=O)CN(CC)C(=O)CSc1nnc(-c2ccncc2)n1CC. The molecule has 0 aliphatic carbocycles. The van der Waals surface area contributed by atoms with Crippen LogP contribution in [0.4, 0.5) is 0 Å². The van der Waals surface area contributed by atoms with Gasteiger partial charge < -0.3 is 14.8 Å². The summed E-state index contributed by atoms with van der Waals surface area (Å²) in [7, 11) is 0. The van der Waals surface area contributed by atoms with Gasteiger partial charge in [0.05, 0.1) is 12.3 Å². The lowest BCUT2D eigenvalue weighted by Gasteiger charge is -2.19. The van der Waals surface area contributed by atoms with Gasteiger partial charge in [0.15, 0.2) is 11.0 Å². The van der Waals surface area contributed by atoms with E-state index in [0.29, 0.717) is 24.8 Å². The van der Waals surface area contributed by atoms with Crippen LogP contribution in [0.3, 0.4) is 0 Å². The van der Waals surface area contributed by atoms with Gasteiger partial charge in [0.25, 0.3) is 0 Å². The lowest BCUT2D eigenvalue weighted by atomic mass is 10.2. The molecule has 26 heavy (non-hydrogen) atoms. The van der Waals surface area contributed by atoms with Gasteiger partial charge in [-0.3, -0.25) is 14.6 Å². The Morgan fingerprint density at radius 1 is 1.19 bits per heavy atom. The predicted octanol–water partition coefficient (Wildman–Crippen LogP) is 1.44. The third-order valence-electron chi connectivity index (χ3n) is 3.74. The fraction of sp³-hybridized carbons (Fsp3) is 0.471. The molecule has 0 atom stereocenters. The van der Waals surface area contributed by atoms with E-state index in [0.717, 1.165) is 11.4 Å². The molecule has 2 amide bonds. The molecule has 2 aromatic rings. The molecule has 0 radical (unpaired) electrons. The Bertz CT molecular complexity index is 734. The highest BCUT2D eigenvalue weighted by Crippen LogP contribution is 2.23. The summed E-state index contributed by atoms with van der Waals surface area (Å²) in [6.07, 6.45) is 3.42. The summed E-state index contributed by atoms with van der Waals surface area (Å²) in [6.45, 7) is 7.52. The van der Waals surface area contributed by atoms with Crippen LogP contribution in [0.15, 0.2) is 29.7 Å². The number of likely N-dealkylation sites (N-methyl/N-ethyl adjacent to an activating group) is 2. The largest absolute Gasteiger partial charge is 0.355 e. The first-order valence-electron chi connectivity index (χ1n) is 8.61. The zero-order chi connectivity index (χ0) is 18.9. The second-order valence-corrected chi connectivity index (χ2v) is 6.38. The van der Waals surface area contributed by atoms with Crippen molar-refractivity contribution in [2.75, 3.05) is 25.4 Å². The summed E-state index contributed by atoms with van der Waals surface area (Å²) >= 11 is 1.33.